The average molecular weight is 374 g/mol. The molecule has 1 aliphatic heterocycles. The second-order valence-corrected chi connectivity index (χ2v) is 7.60. The highest BCUT2D eigenvalue weighted by Gasteiger charge is 2.34. The predicted molar refractivity (Wildman–Crippen MR) is 98.6 cm³/mol. The van der Waals surface area contributed by atoms with E-state index in [1.54, 1.807) is 11.1 Å². The number of nitrogens with zero attached hydrogens (tertiary/aromatic N) is 5. The Hall–Kier alpha value is -2.39. The molecule has 8 nitrogen and oxygen atoms in total. The summed E-state index contributed by atoms with van der Waals surface area (Å²) in [7, 11) is 4.00. The zero-order chi connectivity index (χ0) is 18.5. The van der Waals surface area contributed by atoms with Crippen LogP contribution >= 0.6 is 11.3 Å². The van der Waals surface area contributed by atoms with Crippen molar-refractivity contribution in [3.05, 3.63) is 35.1 Å². The van der Waals surface area contributed by atoms with Crippen LogP contribution < -0.4 is 5.32 Å². The summed E-state index contributed by atoms with van der Waals surface area (Å²) >= 11 is 1.38. The average Bonchev–Trinajstić information content (AvgIpc) is 3.21. The van der Waals surface area contributed by atoms with Crippen LogP contribution in [0, 0.1) is 5.92 Å². The standard InChI is InChI=1S/C17H22N6O2S/c1-22(2)8-6-14-20-21-17(26-14)19-16(25)12-9-15(24)23(10-12)11-13-5-3-4-7-18-13/h3-5,7,12H,6,8-11H2,1-2H3,(H,19,21,25). The Kier molecular flexibility index (Phi) is 5.89. The van der Waals surface area contributed by atoms with Gasteiger partial charge in [0.1, 0.15) is 5.01 Å². The molecule has 26 heavy (non-hydrogen) atoms. The quantitative estimate of drug-likeness (QED) is 0.778. The van der Waals surface area contributed by atoms with Crippen molar-refractivity contribution in [2.45, 2.75) is 19.4 Å². The smallest absolute Gasteiger partial charge is 0.231 e. The first kappa shape index (κ1) is 18.4. The molecule has 3 heterocycles. The number of rotatable bonds is 7. The van der Waals surface area contributed by atoms with E-state index in [1.165, 1.54) is 11.3 Å². The zero-order valence-electron chi connectivity index (χ0n) is 14.9. The van der Waals surface area contributed by atoms with Gasteiger partial charge in [0.25, 0.3) is 0 Å². The van der Waals surface area contributed by atoms with Gasteiger partial charge in [-0.15, -0.1) is 10.2 Å². The van der Waals surface area contributed by atoms with Gasteiger partial charge in [-0.05, 0) is 26.2 Å². The molecule has 2 aromatic rings. The number of nitrogens with one attached hydrogen (secondary N) is 1. The fraction of sp³-hybridized carbons (Fsp3) is 0.471. The van der Waals surface area contributed by atoms with Crippen molar-refractivity contribution in [3.8, 4) is 0 Å². The third-order valence-corrected chi connectivity index (χ3v) is 5.03. The molecule has 3 rings (SSSR count). The van der Waals surface area contributed by atoms with Gasteiger partial charge in [0.15, 0.2) is 0 Å². The molecule has 0 saturated carbocycles. The van der Waals surface area contributed by atoms with Crippen molar-refractivity contribution in [2.24, 2.45) is 5.92 Å². The Morgan fingerprint density at radius 1 is 1.38 bits per heavy atom. The molecule has 0 radical (unpaired) electrons. The van der Waals surface area contributed by atoms with Crippen LogP contribution in [0.5, 0.6) is 0 Å². The molecule has 0 spiro atoms. The van der Waals surface area contributed by atoms with E-state index < -0.39 is 0 Å². The maximum absolute atomic E-state index is 12.5. The highest BCUT2D eigenvalue weighted by molar-refractivity contribution is 7.15. The lowest BCUT2D eigenvalue weighted by Gasteiger charge is -2.15. The van der Waals surface area contributed by atoms with Gasteiger partial charge in [0, 0.05) is 32.1 Å². The van der Waals surface area contributed by atoms with Crippen molar-refractivity contribution in [3.63, 3.8) is 0 Å². The fourth-order valence-electron chi connectivity index (χ4n) is 2.72. The van der Waals surface area contributed by atoms with Crippen LogP contribution in [0.25, 0.3) is 0 Å². The van der Waals surface area contributed by atoms with Crippen LogP contribution in [-0.2, 0) is 22.6 Å². The maximum Gasteiger partial charge on any atom is 0.231 e. The van der Waals surface area contributed by atoms with E-state index in [-0.39, 0.29) is 24.2 Å². The molecule has 2 amide bonds. The Morgan fingerprint density at radius 2 is 2.23 bits per heavy atom. The molecule has 1 atom stereocenters. The van der Waals surface area contributed by atoms with Gasteiger partial charge in [-0.3, -0.25) is 14.6 Å². The van der Waals surface area contributed by atoms with E-state index in [0.29, 0.717) is 18.2 Å². The Bertz CT molecular complexity index is 764. The second-order valence-electron chi connectivity index (χ2n) is 6.54. The number of aromatic nitrogens is 3. The molecule has 1 fully saturated rings. The van der Waals surface area contributed by atoms with Crippen LogP contribution in [0.1, 0.15) is 17.1 Å². The van der Waals surface area contributed by atoms with Crippen LogP contribution in [0.4, 0.5) is 5.13 Å². The number of likely N-dealkylation sites (N-methyl/N-ethyl adjacent to an activating group) is 1. The van der Waals surface area contributed by atoms with Crippen molar-refractivity contribution in [1.29, 1.82) is 0 Å². The van der Waals surface area contributed by atoms with Gasteiger partial charge >= 0.3 is 0 Å². The van der Waals surface area contributed by atoms with Crippen molar-refractivity contribution in [1.82, 2.24) is 25.0 Å². The number of amides is 2. The molecule has 1 unspecified atom stereocenters. The number of carbonyl (C=O) groups is 2. The summed E-state index contributed by atoms with van der Waals surface area (Å²) in [6, 6.07) is 5.59. The second kappa shape index (κ2) is 8.33. The first-order valence-corrected chi connectivity index (χ1v) is 9.28. The summed E-state index contributed by atoms with van der Waals surface area (Å²) in [5.74, 6) is -0.586. The van der Waals surface area contributed by atoms with Crippen LogP contribution in [0.2, 0.25) is 0 Å². The topological polar surface area (TPSA) is 91.3 Å². The molecule has 1 aliphatic rings. The van der Waals surface area contributed by atoms with Gasteiger partial charge < -0.3 is 15.1 Å². The predicted octanol–water partition coefficient (Wildman–Crippen LogP) is 1.02. The summed E-state index contributed by atoms with van der Waals surface area (Å²) in [5, 5.41) is 12.3. The number of anilines is 1. The van der Waals surface area contributed by atoms with E-state index in [0.717, 1.165) is 23.7 Å². The minimum Gasteiger partial charge on any atom is -0.336 e. The van der Waals surface area contributed by atoms with Crippen molar-refractivity contribution in [2.75, 3.05) is 32.5 Å². The molecule has 9 heteroatoms. The van der Waals surface area contributed by atoms with Gasteiger partial charge in [0.2, 0.25) is 16.9 Å². The number of hydrogen-bond donors (Lipinski definition) is 1. The lowest BCUT2D eigenvalue weighted by Crippen LogP contribution is -2.28. The molecular weight excluding hydrogens is 352 g/mol. The molecule has 0 aliphatic carbocycles. The Balaban J connectivity index is 1.53. The SMILES string of the molecule is CN(C)CCc1nnc(NC(=O)C2CC(=O)N(Cc3ccccn3)C2)s1. The molecule has 2 aromatic heterocycles. The minimum absolute atomic E-state index is 0.0280. The summed E-state index contributed by atoms with van der Waals surface area (Å²) in [5.41, 5.74) is 0.816. The fourth-order valence-corrected chi connectivity index (χ4v) is 3.45. The largest absolute Gasteiger partial charge is 0.336 e. The van der Waals surface area contributed by atoms with E-state index >= 15 is 0 Å². The number of pyridine rings is 1. The first-order chi connectivity index (χ1) is 12.5. The number of hydrogen-bond acceptors (Lipinski definition) is 7. The normalized spacial score (nSPS) is 17.1. The summed E-state index contributed by atoms with van der Waals surface area (Å²) in [6.07, 6.45) is 2.70. The van der Waals surface area contributed by atoms with Crippen LogP contribution in [-0.4, -0.2) is 64.0 Å². The summed E-state index contributed by atoms with van der Waals surface area (Å²) in [4.78, 5) is 32.6. The van der Waals surface area contributed by atoms with E-state index in [2.05, 4.69) is 25.4 Å². The van der Waals surface area contributed by atoms with Crippen LogP contribution in [0.3, 0.4) is 0 Å². The van der Waals surface area contributed by atoms with E-state index in [4.69, 9.17) is 0 Å². The van der Waals surface area contributed by atoms with Crippen molar-refractivity contribution < 1.29 is 9.59 Å². The van der Waals surface area contributed by atoms with Gasteiger partial charge in [-0.1, -0.05) is 17.4 Å². The lowest BCUT2D eigenvalue weighted by molar-refractivity contribution is -0.128. The molecule has 0 bridgehead atoms. The maximum atomic E-state index is 12.5. The highest BCUT2D eigenvalue weighted by atomic mass is 32.1. The molecular formula is C17H22N6O2S. The van der Waals surface area contributed by atoms with E-state index in [9.17, 15) is 9.59 Å². The van der Waals surface area contributed by atoms with Crippen molar-refractivity contribution >= 4 is 28.3 Å². The molecule has 0 aromatic carbocycles. The Labute approximate surface area is 156 Å². The van der Waals surface area contributed by atoms with Gasteiger partial charge in [-0.25, -0.2) is 0 Å². The monoisotopic (exact) mass is 374 g/mol. The minimum atomic E-state index is -0.375. The molecule has 138 valence electrons. The summed E-state index contributed by atoms with van der Waals surface area (Å²) in [6.45, 7) is 1.70. The molecule has 1 N–H and O–H groups in total. The number of carbonyl (C=O) groups excluding carboxylic acids is 2. The third kappa shape index (κ3) is 4.83. The Morgan fingerprint density at radius 3 is 2.96 bits per heavy atom. The highest BCUT2D eigenvalue weighted by Crippen LogP contribution is 2.23. The van der Waals surface area contributed by atoms with E-state index in [1.807, 2.05) is 32.3 Å². The third-order valence-electron chi connectivity index (χ3n) is 4.13. The van der Waals surface area contributed by atoms with Crippen LogP contribution in [0.15, 0.2) is 24.4 Å². The lowest BCUT2D eigenvalue weighted by atomic mass is 10.1. The first-order valence-electron chi connectivity index (χ1n) is 8.47. The van der Waals surface area contributed by atoms with Gasteiger partial charge in [-0.2, -0.15) is 0 Å². The molecule has 1 saturated heterocycles. The summed E-state index contributed by atoms with van der Waals surface area (Å²) < 4.78 is 0. The zero-order valence-corrected chi connectivity index (χ0v) is 15.7. The number of likely N-dealkylation sites (tertiary alicyclic amines) is 1. The van der Waals surface area contributed by atoms with Gasteiger partial charge in [0.05, 0.1) is 18.2 Å².